The SMILES string of the molecule is CC(C)(C)[Si](C)(C)C(Cc1ccccc1)n1c2ccccc2c2ccccc21. The molecule has 0 amide bonds. The van der Waals surface area contributed by atoms with Crippen LogP contribution < -0.4 is 0 Å². The molecule has 0 saturated heterocycles. The Balaban J connectivity index is 2.01. The lowest BCUT2D eigenvalue weighted by atomic mass is 10.1. The van der Waals surface area contributed by atoms with Gasteiger partial charge in [0.25, 0.3) is 0 Å². The van der Waals surface area contributed by atoms with E-state index in [4.69, 9.17) is 0 Å². The molecule has 0 bridgehead atoms. The van der Waals surface area contributed by atoms with Crippen molar-refractivity contribution in [3.8, 4) is 0 Å². The summed E-state index contributed by atoms with van der Waals surface area (Å²) in [4.78, 5) is 0. The first kappa shape index (κ1) is 19.0. The quantitative estimate of drug-likeness (QED) is 0.318. The molecule has 0 spiro atoms. The standard InChI is InChI=1S/C26H31NSi/c1-26(2,3)28(4,5)25(19-20-13-7-6-8-14-20)27-23-17-11-9-15-21(23)22-16-10-12-18-24(22)27/h6-18,25H,19H2,1-5H3. The molecule has 0 fully saturated rings. The van der Waals surface area contributed by atoms with Crippen molar-refractivity contribution in [2.75, 3.05) is 0 Å². The van der Waals surface area contributed by atoms with Gasteiger partial charge in [0.2, 0.25) is 0 Å². The Morgan fingerprint density at radius 2 is 1.18 bits per heavy atom. The van der Waals surface area contributed by atoms with Crippen LogP contribution in [0.1, 0.15) is 32.0 Å². The van der Waals surface area contributed by atoms with Crippen molar-refractivity contribution in [3.63, 3.8) is 0 Å². The summed E-state index contributed by atoms with van der Waals surface area (Å²) < 4.78 is 2.68. The highest BCUT2D eigenvalue weighted by molar-refractivity contribution is 6.81. The van der Waals surface area contributed by atoms with Crippen molar-refractivity contribution in [1.82, 2.24) is 4.57 Å². The van der Waals surface area contributed by atoms with Crippen LogP contribution in [0.4, 0.5) is 0 Å². The number of hydrogen-bond donors (Lipinski definition) is 0. The Morgan fingerprint density at radius 3 is 1.68 bits per heavy atom. The van der Waals surface area contributed by atoms with Crippen LogP contribution in [0.3, 0.4) is 0 Å². The molecule has 0 saturated carbocycles. The van der Waals surface area contributed by atoms with Crippen LogP contribution in [-0.4, -0.2) is 12.6 Å². The number of nitrogens with zero attached hydrogens (tertiary/aromatic N) is 1. The third kappa shape index (κ3) is 3.10. The molecule has 0 aliphatic rings. The highest BCUT2D eigenvalue weighted by Crippen LogP contribution is 2.46. The maximum atomic E-state index is 2.68. The van der Waals surface area contributed by atoms with Gasteiger partial charge < -0.3 is 4.57 Å². The highest BCUT2D eigenvalue weighted by Gasteiger charge is 2.43. The Morgan fingerprint density at radius 1 is 0.714 bits per heavy atom. The fourth-order valence-corrected chi connectivity index (χ4v) is 6.96. The largest absolute Gasteiger partial charge is 0.340 e. The fourth-order valence-electron chi connectivity index (χ4n) is 4.29. The molecule has 1 unspecified atom stereocenters. The molecule has 2 heteroatoms. The van der Waals surface area contributed by atoms with E-state index in [0.29, 0.717) is 10.7 Å². The van der Waals surface area contributed by atoms with Crippen molar-refractivity contribution in [2.24, 2.45) is 0 Å². The Hall–Kier alpha value is -2.32. The van der Waals surface area contributed by atoms with Crippen molar-refractivity contribution in [3.05, 3.63) is 84.4 Å². The number of para-hydroxylation sites is 2. The Bertz CT molecular complexity index is 1050. The van der Waals surface area contributed by atoms with Crippen LogP contribution in [0.2, 0.25) is 18.1 Å². The van der Waals surface area contributed by atoms with Crippen LogP contribution in [0.5, 0.6) is 0 Å². The van der Waals surface area contributed by atoms with Gasteiger partial charge in [0.15, 0.2) is 0 Å². The van der Waals surface area contributed by atoms with Gasteiger partial charge >= 0.3 is 0 Å². The molecule has 3 aromatic carbocycles. The molecular formula is C26H31NSi. The normalized spacial score (nSPS) is 13.9. The van der Waals surface area contributed by atoms with E-state index in [2.05, 4.69) is 117 Å². The Labute approximate surface area is 170 Å². The zero-order chi connectivity index (χ0) is 19.9. The maximum Gasteiger partial charge on any atom is 0.0798 e. The van der Waals surface area contributed by atoms with Crippen LogP contribution in [0.25, 0.3) is 21.8 Å². The molecule has 0 radical (unpaired) electrons. The summed E-state index contributed by atoms with van der Waals surface area (Å²) in [5, 5.41) is 3.04. The van der Waals surface area contributed by atoms with Crippen LogP contribution in [-0.2, 0) is 6.42 Å². The number of benzene rings is 3. The van der Waals surface area contributed by atoms with Gasteiger partial charge in [-0.3, -0.25) is 0 Å². The molecule has 0 N–H and O–H groups in total. The number of hydrogen-bond acceptors (Lipinski definition) is 0. The summed E-state index contributed by atoms with van der Waals surface area (Å²) in [6, 6.07) is 28.9. The van der Waals surface area contributed by atoms with E-state index in [-0.39, 0.29) is 0 Å². The zero-order valence-electron chi connectivity index (χ0n) is 17.7. The van der Waals surface area contributed by atoms with E-state index in [0.717, 1.165) is 6.42 Å². The average Bonchev–Trinajstić information content (AvgIpc) is 3.00. The smallest absolute Gasteiger partial charge is 0.0798 e. The lowest BCUT2D eigenvalue weighted by molar-refractivity contribution is 0.607. The molecule has 4 rings (SSSR count). The summed E-state index contributed by atoms with van der Waals surface area (Å²) in [6.07, 6.45) is 1.08. The molecule has 1 aromatic heterocycles. The summed E-state index contributed by atoms with van der Waals surface area (Å²) in [6.45, 7) is 12.5. The third-order valence-corrected chi connectivity index (χ3v) is 13.0. The molecule has 28 heavy (non-hydrogen) atoms. The number of aromatic nitrogens is 1. The van der Waals surface area contributed by atoms with Gasteiger partial charge in [-0.2, -0.15) is 0 Å². The van der Waals surface area contributed by atoms with Crippen LogP contribution in [0, 0.1) is 0 Å². The fraction of sp³-hybridized carbons (Fsp3) is 0.308. The predicted molar refractivity (Wildman–Crippen MR) is 126 cm³/mol. The predicted octanol–water partition coefficient (Wildman–Crippen LogP) is 7.63. The Kier molecular flexibility index (Phi) is 4.71. The average molecular weight is 386 g/mol. The molecular weight excluding hydrogens is 354 g/mol. The maximum absolute atomic E-state index is 2.68. The molecule has 0 aliphatic heterocycles. The lowest BCUT2D eigenvalue weighted by Crippen LogP contribution is -2.47. The van der Waals surface area contributed by atoms with E-state index in [1.54, 1.807) is 0 Å². The van der Waals surface area contributed by atoms with Gasteiger partial charge in [0.1, 0.15) is 0 Å². The van der Waals surface area contributed by atoms with Crippen molar-refractivity contribution in [2.45, 2.75) is 51.0 Å². The highest BCUT2D eigenvalue weighted by atomic mass is 28.3. The molecule has 1 heterocycles. The topological polar surface area (TPSA) is 4.93 Å². The van der Waals surface area contributed by atoms with Gasteiger partial charge in [-0.1, -0.05) is 101 Å². The second-order valence-corrected chi connectivity index (χ2v) is 15.2. The third-order valence-electron chi connectivity index (χ3n) is 6.97. The van der Waals surface area contributed by atoms with Crippen molar-refractivity contribution < 1.29 is 0 Å². The van der Waals surface area contributed by atoms with Gasteiger partial charge in [0, 0.05) is 27.5 Å². The summed E-state index contributed by atoms with van der Waals surface area (Å²) in [5.74, 6) is 0. The van der Waals surface area contributed by atoms with E-state index in [1.807, 2.05) is 0 Å². The molecule has 144 valence electrons. The zero-order valence-corrected chi connectivity index (χ0v) is 18.7. The minimum Gasteiger partial charge on any atom is -0.340 e. The first-order valence-corrected chi connectivity index (χ1v) is 13.4. The van der Waals surface area contributed by atoms with Crippen molar-refractivity contribution in [1.29, 1.82) is 0 Å². The van der Waals surface area contributed by atoms with Crippen LogP contribution >= 0.6 is 0 Å². The van der Waals surface area contributed by atoms with Gasteiger partial charge in [0.05, 0.1) is 8.07 Å². The van der Waals surface area contributed by atoms with E-state index in [9.17, 15) is 0 Å². The molecule has 4 aromatic rings. The summed E-state index contributed by atoms with van der Waals surface area (Å²) in [7, 11) is -1.69. The summed E-state index contributed by atoms with van der Waals surface area (Å²) in [5.41, 5.74) is 4.66. The second kappa shape index (κ2) is 6.93. The molecule has 1 nitrogen and oxygen atoms in total. The van der Waals surface area contributed by atoms with E-state index in [1.165, 1.54) is 27.4 Å². The number of fused-ring (bicyclic) bond motifs is 3. The molecule has 1 atom stereocenters. The van der Waals surface area contributed by atoms with E-state index < -0.39 is 8.07 Å². The van der Waals surface area contributed by atoms with Gasteiger partial charge in [-0.15, -0.1) is 0 Å². The first-order valence-electron chi connectivity index (χ1n) is 10.3. The lowest BCUT2D eigenvalue weighted by Gasteiger charge is -2.44. The monoisotopic (exact) mass is 385 g/mol. The van der Waals surface area contributed by atoms with E-state index >= 15 is 0 Å². The van der Waals surface area contributed by atoms with Gasteiger partial charge in [-0.05, 0) is 29.2 Å². The molecule has 0 aliphatic carbocycles. The summed E-state index contributed by atoms with van der Waals surface area (Å²) >= 11 is 0. The van der Waals surface area contributed by atoms with Crippen LogP contribution in [0.15, 0.2) is 78.9 Å². The van der Waals surface area contributed by atoms with Gasteiger partial charge in [-0.25, -0.2) is 0 Å². The minimum absolute atomic E-state index is 0.304. The second-order valence-electron chi connectivity index (χ2n) is 9.58. The first-order chi connectivity index (χ1) is 13.3. The minimum atomic E-state index is -1.69. The van der Waals surface area contributed by atoms with Crippen molar-refractivity contribution >= 4 is 29.9 Å². The number of rotatable bonds is 4.